The van der Waals surface area contributed by atoms with Crippen LogP contribution in [0.3, 0.4) is 0 Å². The third kappa shape index (κ3) is 4.38. The second-order valence-corrected chi connectivity index (χ2v) is 5.64. The number of halogens is 2. The van der Waals surface area contributed by atoms with E-state index in [0.29, 0.717) is 17.3 Å². The molecule has 2 aromatic carbocycles. The molecule has 110 valence electrons. The van der Waals surface area contributed by atoms with Crippen molar-refractivity contribution in [3.8, 4) is 0 Å². The molecule has 5 heteroatoms. The van der Waals surface area contributed by atoms with Gasteiger partial charge in [-0.25, -0.2) is 0 Å². The highest BCUT2D eigenvalue weighted by atomic mass is 35.5. The number of nitrogens with one attached hydrogen (secondary N) is 2. The van der Waals surface area contributed by atoms with Crippen molar-refractivity contribution >= 4 is 40.5 Å². The zero-order valence-corrected chi connectivity index (χ0v) is 13.3. The van der Waals surface area contributed by atoms with E-state index in [4.69, 9.17) is 23.2 Å². The highest BCUT2D eigenvalue weighted by Crippen LogP contribution is 2.26. The van der Waals surface area contributed by atoms with Crippen molar-refractivity contribution in [2.75, 3.05) is 10.6 Å². The van der Waals surface area contributed by atoms with Crippen LogP contribution in [0.5, 0.6) is 0 Å². The lowest BCUT2D eigenvalue weighted by Crippen LogP contribution is -2.06. The standard InChI is InChI=1S/C16H16Cl2N2O/c1-10-7-13(17)4-3-12(10)9-19-14-5-6-16(15(18)8-14)20-11(2)21/h3-8,19H,9H2,1-2H3,(H,20,21). The largest absolute Gasteiger partial charge is 0.381 e. The summed E-state index contributed by atoms with van der Waals surface area (Å²) in [5.41, 5.74) is 3.80. The van der Waals surface area contributed by atoms with Crippen LogP contribution >= 0.6 is 23.2 Å². The first kappa shape index (κ1) is 15.7. The fourth-order valence-corrected chi connectivity index (χ4v) is 2.43. The summed E-state index contributed by atoms with van der Waals surface area (Å²) in [6, 6.07) is 11.3. The Morgan fingerprint density at radius 2 is 1.90 bits per heavy atom. The van der Waals surface area contributed by atoms with Crippen LogP contribution in [-0.2, 0) is 11.3 Å². The van der Waals surface area contributed by atoms with Gasteiger partial charge in [-0.1, -0.05) is 29.3 Å². The van der Waals surface area contributed by atoms with E-state index in [0.717, 1.165) is 16.3 Å². The fraction of sp³-hybridized carbons (Fsp3) is 0.188. The first-order chi connectivity index (χ1) is 9.95. The maximum absolute atomic E-state index is 11.0. The quantitative estimate of drug-likeness (QED) is 0.842. The Balaban J connectivity index is 2.06. The molecule has 0 bridgehead atoms. The smallest absolute Gasteiger partial charge is 0.221 e. The van der Waals surface area contributed by atoms with E-state index in [1.54, 1.807) is 12.1 Å². The predicted molar refractivity (Wildman–Crippen MR) is 89.3 cm³/mol. The molecule has 0 aliphatic heterocycles. The maximum Gasteiger partial charge on any atom is 0.221 e. The molecular formula is C16H16Cl2N2O. The average molecular weight is 323 g/mol. The van der Waals surface area contributed by atoms with Gasteiger partial charge in [-0.3, -0.25) is 4.79 Å². The molecule has 0 saturated carbocycles. The number of hydrogen-bond donors (Lipinski definition) is 2. The highest BCUT2D eigenvalue weighted by Gasteiger charge is 2.04. The van der Waals surface area contributed by atoms with Gasteiger partial charge in [0.1, 0.15) is 0 Å². The summed E-state index contributed by atoms with van der Waals surface area (Å²) in [5, 5.41) is 7.22. The van der Waals surface area contributed by atoms with Crippen LogP contribution < -0.4 is 10.6 Å². The Morgan fingerprint density at radius 1 is 1.14 bits per heavy atom. The highest BCUT2D eigenvalue weighted by molar-refractivity contribution is 6.34. The van der Waals surface area contributed by atoms with Crippen molar-refractivity contribution in [1.82, 2.24) is 0 Å². The number of hydrogen-bond acceptors (Lipinski definition) is 2. The van der Waals surface area contributed by atoms with E-state index in [1.807, 2.05) is 31.2 Å². The van der Waals surface area contributed by atoms with Crippen molar-refractivity contribution in [3.05, 3.63) is 57.6 Å². The van der Waals surface area contributed by atoms with Crippen molar-refractivity contribution in [1.29, 1.82) is 0 Å². The molecule has 21 heavy (non-hydrogen) atoms. The van der Waals surface area contributed by atoms with Gasteiger partial charge in [0.05, 0.1) is 10.7 Å². The number of amides is 1. The third-order valence-electron chi connectivity index (χ3n) is 3.07. The maximum atomic E-state index is 11.0. The minimum absolute atomic E-state index is 0.144. The molecule has 0 aromatic heterocycles. The number of carbonyl (C=O) groups excluding carboxylic acids is 1. The van der Waals surface area contributed by atoms with Gasteiger partial charge in [-0.2, -0.15) is 0 Å². The Labute approximate surface area is 134 Å². The third-order valence-corrected chi connectivity index (χ3v) is 3.62. The molecule has 0 spiro atoms. The zero-order valence-electron chi connectivity index (χ0n) is 11.8. The lowest BCUT2D eigenvalue weighted by Gasteiger charge is -2.11. The summed E-state index contributed by atoms with van der Waals surface area (Å²) >= 11 is 12.1. The van der Waals surface area contributed by atoms with Gasteiger partial charge in [0.15, 0.2) is 0 Å². The number of benzene rings is 2. The molecule has 0 unspecified atom stereocenters. The second kappa shape index (κ2) is 6.83. The number of aryl methyl sites for hydroxylation is 1. The van der Waals surface area contributed by atoms with Crippen LogP contribution in [0.15, 0.2) is 36.4 Å². The molecule has 0 heterocycles. The van der Waals surface area contributed by atoms with E-state index in [2.05, 4.69) is 10.6 Å². The molecule has 0 atom stereocenters. The first-order valence-corrected chi connectivity index (χ1v) is 7.27. The van der Waals surface area contributed by atoms with Gasteiger partial charge < -0.3 is 10.6 Å². The minimum Gasteiger partial charge on any atom is -0.381 e. The van der Waals surface area contributed by atoms with Crippen molar-refractivity contribution in [3.63, 3.8) is 0 Å². The summed E-state index contributed by atoms with van der Waals surface area (Å²) in [7, 11) is 0. The molecular weight excluding hydrogens is 307 g/mol. The molecule has 2 rings (SSSR count). The normalized spacial score (nSPS) is 10.3. The van der Waals surface area contributed by atoms with Gasteiger partial charge in [0, 0.05) is 24.2 Å². The summed E-state index contributed by atoms with van der Waals surface area (Å²) in [4.78, 5) is 11.0. The molecule has 3 nitrogen and oxygen atoms in total. The van der Waals surface area contributed by atoms with E-state index in [1.165, 1.54) is 12.5 Å². The van der Waals surface area contributed by atoms with Gasteiger partial charge >= 0.3 is 0 Å². The number of rotatable bonds is 4. The number of anilines is 2. The van der Waals surface area contributed by atoms with Crippen LogP contribution in [0.4, 0.5) is 11.4 Å². The van der Waals surface area contributed by atoms with Crippen LogP contribution in [-0.4, -0.2) is 5.91 Å². The van der Waals surface area contributed by atoms with Crippen LogP contribution in [0.1, 0.15) is 18.1 Å². The van der Waals surface area contributed by atoms with E-state index < -0.39 is 0 Å². The minimum atomic E-state index is -0.144. The topological polar surface area (TPSA) is 41.1 Å². The summed E-state index contributed by atoms with van der Waals surface area (Å²) in [5.74, 6) is -0.144. The lowest BCUT2D eigenvalue weighted by atomic mass is 10.1. The van der Waals surface area contributed by atoms with E-state index in [9.17, 15) is 4.79 Å². The van der Waals surface area contributed by atoms with Crippen molar-refractivity contribution in [2.24, 2.45) is 0 Å². The fourth-order valence-electron chi connectivity index (χ4n) is 1.97. The predicted octanol–water partition coefficient (Wildman–Crippen LogP) is 4.87. The SMILES string of the molecule is CC(=O)Nc1ccc(NCc2ccc(Cl)cc2C)cc1Cl. The van der Waals surface area contributed by atoms with E-state index >= 15 is 0 Å². The first-order valence-electron chi connectivity index (χ1n) is 6.52. The van der Waals surface area contributed by atoms with Gasteiger partial charge in [0.2, 0.25) is 5.91 Å². The molecule has 0 aliphatic carbocycles. The summed E-state index contributed by atoms with van der Waals surface area (Å²) in [6.45, 7) is 4.15. The van der Waals surface area contributed by atoms with Crippen LogP contribution in [0, 0.1) is 6.92 Å². The van der Waals surface area contributed by atoms with Gasteiger partial charge in [0.25, 0.3) is 0 Å². The molecule has 0 saturated heterocycles. The summed E-state index contributed by atoms with van der Waals surface area (Å²) in [6.07, 6.45) is 0. The second-order valence-electron chi connectivity index (χ2n) is 4.80. The van der Waals surface area contributed by atoms with Crippen LogP contribution in [0.2, 0.25) is 10.0 Å². The van der Waals surface area contributed by atoms with Crippen LogP contribution in [0.25, 0.3) is 0 Å². The average Bonchev–Trinajstić information content (AvgIpc) is 2.40. The molecule has 2 N–H and O–H groups in total. The molecule has 2 aromatic rings. The van der Waals surface area contributed by atoms with Gasteiger partial charge in [-0.15, -0.1) is 0 Å². The van der Waals surface area contributed by atoms with Gasteiger partial charge in [-0.05, 0) is 48.4 Å². The lowest BCUT2D eigenvalue weighted by molar-refractivity contribution is -0.114. The Hall–Kier alpha value is -1.71. The monoisotopic (exact) mass is 322 g/mol. The Kier molecular flexibility index (Phi) is 5.10. The van der Waals surface area contributed by atoms with Crippen molar-refractivity contribution < 1.29 is 4.79 Å². The Morgan fingerprint density at radius 3 is 2.52 bits per heavy atom. The number of carbonyl (C=O) groups is 1. The molecule has 1 amide bonds. The molecule has 0 radical (unpaired) electrons. The van der Waals surface area contributed by atoms with Crippen molar-refractivity contribution in [2.45, 2.75) is 20.4 Å². The summed E-state index contributed by atoms with van der Waals surface area (Å²) < 4.78 is 0. The Bertz CT molecular complexity index is 671. The molecule has 0 fully saturated rings. The van der Waals surface area contributed by atoms with E-state index in [-0.39, 0.29) is 5.91 Å². The zero-order chi connectivity index (χ0) is 15.4. The molecule has 0 aliphatic rings.